The minimum Gasteiger partial charge on any atom is -0.744 e. The number of rotatable bonds is 6. The van der Waals surface area contributed by atoms with Crippen molar-refractivity contribution < 1.29 is 32.0 Å². The fourth-order valence-corrected chi connectivity index (χ4v) is 4.74. The van der Waals surface area contributed by atoms with E-state index in [0.717, 1.165) is 7.14 Å². The summed E-state index contributed by atoms with van der Waals surface area (Å²) in [7, 11) is -4.68. The van der Waals surface area contributed by atoms with E-state index >= 15 is 0 Å². The van der Waals surface area contributed by atoms with Gasteiger partial charge in [-0.3, -0.25) is 0 Å². The highest BCUT2D eigenvalue weighted by Crippen LogP contribution is 2.31. The molecule has 0 aliphatic heterocycles. The van der Waals surface area contributed by atoms with Crippen molar-refractivity contribution >= 4 is 67.2 Å². The van der Waals surface area contributed by atoms with Crippen molar-refractivity contribution in [3.05, 3.63) is 54.2 Å². The molecule has 0 fully saturated rings. The molecule has 0 aliphatic rings. The first kappa shape index (κ1) is 24.0. The largest absolute Gasteiger partial charge is 0.744 e. The number of benzene rings is 2. The maximum atomic E-state index is 12.2. The molecule has 156 valence electrons. The smallest absolute Gasteiger partial charge is 0.349 e. The summed E-state index contributed by atoms with van der Waals surface area (Å²) < 4.78 is 46.5. The van der Waals surface area contributed by atoms with Crippen LogP contribution >= 0.6 is 45.2 Å². The molecular formula is C19H17I2O7S-. The predicted molar refractivity (Wildman–Crippen MR) is 121 cm³/mol. The van der Waals surface area contributed by atoms with E-state index in [0.29, 0.717) is 5.56 Å². The molecule has 2 rings (SSSR count). The minimum absolute atomic E-state index is 0.0727. The Morgan fingerprint density at radius 3 is 2.41 bits per heavy atom. The highest BCUT2D eigenvalue weighted by Gasteiger charge is 2.19. The molecule has 2 aromatic carbocycles. The van der Waals surface area contributed by atoms with Gasteiger partial charge >= 0.3 is 11.9 Å². The van der Waals surface area contributed by atoms with Crippen molar-refractivity contribution in [3.63, 3.8) is 0 Å². The van der Waals surface area contributed by atoms with E-state index in [1.807, 2.05) is 28.7 Å². The van der Waals surface area contributed by atoms with Crippen LogP contribution in [-0.4, -0.2) is 31.5 Å². The van der Waals surface area contributed by atoms with Crippen LogP contribution in [0.4, 0.5) is 0 Å². The van der Waals surface area contributed by atoms with Gasteiger partial charge in [0.1, 0.15) is 15.9 Å². The molecule has 0 saturated heterocycles. The fraction of sp³-hybridized carbons (Fsp3) is 0.263. The van der Waals surface area contributed by atoms with E-state index in [4.69, 9.17) is 9.47 Å². The van der Waals surface area contributed by atoms with E-state index in [2.05, 4.69) is 22.6 Å². The number of carbonyl (C=O) groups excluding carboxylic acids is 2. The highest BCUT2D eigenvalue weighted by molar-refractivity contribution is 14.1. The van der Waals surface area contributed by atoms with Gasteiger partial charge in [0.05, 0.1) is 10.5 Å². The predicted octanol–water partition coefficient (Wildman–Crippen LogP) is 3.99. The Hall–Kier alpha value is -1.25. The maximum Gasteiger partial charge on any atom is 0.349 e. The van der Waals surface area contributed by atoms with Gasteiger partial charge in [-0.15, -0.1) is 0 Å². The van der Waals surface area contributed by atoms with E-state index in [1.54, 1.807) is 26.0 Å². The zero-order valence-corrected chi connectivity index (χ0v) is 20.8. The zero-order chi connectivity index (χ0) is 21.9. The molecule has 10 heteroatoms. The summed E-state index contributed by atoms with van der Waals surface area (Å²) in [6.45, 7) is 4.28. The van der Waals surface area contributed by atoms with Gasteiger partial charge in [0, 0.05) is 7.14 Å². The second kappa shape index (κ2) is 9.71. The van der Waals surface area contributed by atoms with Gasteiger partial charge < -0.3 is 14.0 Å². The molecule has 0 aromatic heterocycles. The second-order valence-electron chi connectivity index (χ2n) is 6.42. The molecule has 0 heterocycles. The first-order valence-corrected chi connectivity index (χ1v) is 11.9. The monoisotopic (exact) mass is 643 g/mol. The lowest BCUT2D eigenvalue weighted by atomic mass is 10.0. The van der Waals surface area contributed by atoms with Crippen LogP contribution in [0.3, 0.4) is 0 Å². The molecule has 7 nitrogen and oxygen atoms in total. The summed E-state index contributed by atoms with van der Waals surface area (Å²) >= 11 is 4.11. The Kier molecular flexibility index (Phi) is 8.04. The molecule has 0 unspecified atom stereocenters. The molecule has 2 aromatic rings. The molecular weight excluding hydrogens is 626 g/mol. The van der Waals surface area contributed by atoms with Gasteiger partial charge in [0.2, 0.25) is 0 Å². The number of esters is 2. The maximum absolute atomic E-state index is 12.2. The molecule has 0 saturated carbocycles. The fourth-order valence-electron chi connectivity index (χ4n) is 2.62. The summed E-state index contributed by atoms with van der Waals surface area (Å²) in [5.74, 6) is -1.70. The summed E-state index contributed by atoms with van der Waals surface area (Å²) in [5, 5.41) is 0. The average molecular weight is 643 g/mol. The number of halogens is 2. The zero-order valence-electron chi connectivity index (χ0n) is 15.7. The van der Waals surface area contributed by atoms with Gasteiger partial charge in [0.15, 0.2) is 6.61 Å². The topological polar surface area (TPSA) is 110 Å². The Bertz CT molecular complexity index is 1060. The molecule has 0 spiro atoms. The molecule has 0 bridgehead atoms. The van der Waals surface area contributed by atoms with E-state index in [9.17, 15) is 22.6 Å². The minimum atomic E-state index is -4.68. The lowest BCUT2D eigenvalue weighted by Gasteiger charge is -2.19. The number of hydrogen-bond acceptors (Lipinski definition) is 7. The van der Waals surface area contributed by atoms with Crippen LogP contribution in [0.1, 0.15) is 41.3 Å². The third kappa shape index (κ3) is 6.12. The Morgan fingerprint density at radius 1 is 1.17 bits per heavy atom. The standard InChI is InChI=1S/C19H18I2O7S/c1-10(2)14-8-12(7-11(3)18(14)29(24,25)26)28-16(22)9-27-19(23)13-5-4-6-15(20)17(13)21/h4-8,10H,9H2,1-3H3,(H,24,25,26)/p-1. The van der Waals surface area contributed by atoms with Crippen molar-refractivity contribution in [2.75, 3.05) is 6.61 Å². The molecule has 29 heavy (non-hydrogen) atoms. The van der Waals surface area contributed by atoms with Crippen LogP contribution in [-0.2, 0) is 19.6 Å². The van der Waals surface area contributed by atoms with E-state index < -0.39 is 28.7 Å². The summed E-state index contributed by atoms with van der Waals surface area (Å²) in [5.41, 5.74) is 0.779. The Labute approximate surface area is 196 Å². The van der Waals surface area contributed by atoms with Crippen LogP contribution in [0.2, 0.25) is 0 Å². The first-order valence-electron chi connectivity index (χ1n) is 8.34. The van der Waals surface area contributed by atoms with Crippen LogP contribution in [0.25, 0.3) is 0 Å². The number of carbonyl (C=O) groups is 2. The van der Waals surface area contributed by atoms with Gasteiger partial charge in [-0.1, -0.05) is 19.9 Å². The Morgan fingerprint density at radius 2 is 1.83 bits per heavy atom. The molecule has 0 amide bonds. The van der Waals surface area contributed by atoms with Crippen molar-refractivity contribution in [2.45, 2.75) is 31.6 Å². The third-order valence-electron chi connectivity index (χ3n) is 3.87. The van der Waals surface area contributed by atoms with Crippen molar-refractivity contribution in [3.8, 4) is 5.75 Å². The average Bonchev–Trinajstić information content (AvgIpc) is 2.60. The molecule has 0 aliphatic carbocycles. The van der Waals surface area contributed by atoms with Gasteiger partial charge in [-0.25, -0.2) is 18.0 Å². The van der Waals surface area contributed by atoms with E-state index in [1.165, 1.54) is 19.1 Å². The third-order valence-corrected chi connectivity index (χ3v) is 8.02. The SMILES string of the molecule is Cc1cc(OC(=O)COC(=O)c2cccc(I)c2I)cc(C(C)C)c1S(=O)(=O)[O-]. The van der Waals surface area contributed by atoms with E-state index in [-0.39, 0.29) is 27.7 Å². The molecule has 0 radical (unpaired) electrons. The molecule has 0 N–H and O–H groups in total. The highest BCUT2D eigenvalue weighted by atomic mass is 127. The van der Waals surface area contributed by atoms with Crippen LogP contribution < -0.4 is 4.74 Å². The summed E-state index contributed by atoms with van der Waals surface area (Å²) in [4.78, 5) is 24.0. The van der Waals surface area contributed by atoms with Gasteiger partial charge in [0.25, 0.3) is 0 Å². The van der Waals surface area contributed by atoms with Gasteiger partial charge in [-0.05, 0) is 93.4 Å². The summed E-state index contributed by atoms with van der Waals surface area (Å²) in [6, 6.07) is 7.77. The lowest BCUT2D eigenvalue weighted by Crippen LogP contribution is -2.20. The quantitative estimate of drug-likeness (QED) is 0.203. The normalized spacial score (nSPS) is 11.4. The van der Waals surface area contributed by atoms with Crippen LogP contribution in [0.5, 0.6) is 5.75 Å². The van der Waals surface area contributed by atoms with Gasteiger partial charge in [-0.2, -0.15) is 0 Å². The van der Waals surface area contributed by atoms with Crippen molar-refractivity contribution in [1.29, 1.82) is 0 Å². The van der Waals surface area contributed by atoms with Crippen LogP contribution in [0.15, 0.2) is 35.2 Å². The number of hydrogen-bond donors (Lipinski definition) is 0. The molecule has 0 atom stereocenters. The van der Waals surface area contributed by atoms with Crippen molar-refractivity contribution in [2.24, 2.45) is 0 Å². The van der Waals surface area contributed by atoms with Crippen LogP contribution in [0, 0.1) is 14.1 Å². The number of ether oxygens (including phenoxy) is 2. The first-order chi connectivity index (χ1) is 13.4. The number of aryl methyl sites for hydroxylation is 1. The summed E-state index contributed by atoms with van der Waals surface area (Å²) in [6.07, 6.45) is 0. The van der Waals surface area contributed by atoms with Crippen molar-refractivity contribution in [1.82, 2.24) is 0 Å². The second-order valence-corrected chi connectivity index (χ2v) is 9.98. The lowest BCUT2D eigenvalue weighted by molar-refractivity contribution is -0.137. The Balaban J connectivity index is 2.15.